The molecule has 0 atom stereocenters. The van der Waals surface area contributed by atoms with Crippen molar-refractivity contribution in [3.63, 3.8) is 0 Å². The molecule has 2 rings (SSSR count). The molecule has 0 N–H and O–H groups in total. The van der Waals surface area contributed by atoms with Gasteiger partial charge in [-0.25, -0.2) is 0 Å². The van der Waals surface area contributed by atoms with Crippen LogP contribution in [0.3, 0.4) is 0 Å². The second kappa shape index (κ2) is 4.87. The fraction of sp³-hybridized carbons (Fsp3) is 0.462. The molecule has 0 aliphatic heterocycles. The number of ether oxygens (including phenoxy) is 1. The van der Waals surface area contributed by atoms with Crippen molar-refractivity contribution in [2.24, 2.45) is 0 Å². The van der Waals surface area contributed by atoms with Crippen LogP contribution in [0.5, 0.6) is 0 Å². The molecule has 4 heteroatoms. The molecule has 1 aromatic rings. The molecular formula is C13H14Cl2O2. The molecule has 0 unspecified atom stereocenters. The first-order valence-electron chi connectivity index (χ1n) is 5.64. The van der Waals surface area contributed by atoms with Crippen molar-refractivity contribution >= 4 is 29.2 Å². The van der Waals surface area contributed by atoms with Gasteiger partial charge in [0.15, 0.2) is 0 Å². The van der Waals surface area contributed by atoms with E-state index in [-0.39, 0.29) is 5.97 Å². The number of benzene rings is 1. The Morgan fingerprint density at radius 1 is 1.24 bits per heavy atom. The largest absolute Gasteiger partial charge is 0.468 e. The first-order chi connectivity index (χ1) is 8.10. The molecule has 0 saturated heterocycles. The van der Waals surface area contributed by atoms with Gasteiger partial charge in [-0.3, -0.25) is 4.79 Å². The van der Waals surface area contributed by atoms with Crippen molar-refractivity contribution in [2.45, 2.75) is 31.1 Å². The Morgan fingerprint density at radius 2 is 1.88 bits per heavy atom. The van der Waals surface area contributed by atoms with E-state index < -0.39 is 5.41 Å². The van der Waals surface area contributed by atoms with E-state index in [1.807, 2.05) is 6.07 Å². The maximum Gasteiger partial charge on any atom is 0.316 e. The molecule has 0 heterocycles. The highest BCUT2D eigenvalue weighted by Crippen LogP contribution is 2.43. The highest BCUT2D eigenvalue weighted by atomic mass is 35.5. The van der Waals surface area contributed by atoms with Gasteiger partial charge in [0.05, 0.1) is 22.6 Å². The summed E-state index contributed by atoms with van der Waals surface area (Å²) in [6.45, 7) is 0. The lowest BCUT2D eigenvalue weighted by Crippen LogP contribution is -2.34. The predicted octanol–water partition coefficient (Wildman–Crippen LogP) is 3.98. The standard InChI is InChI=1S/C13H14Cl2O2/c1-17-12(16)13(6-2-3-7-13)9-4-5-10(14)11(15)8-9/h4-5,8H,2-3,6-7H2,1H3. The smallest absolute Gasteiger partial charge is 0.316 e. The molecule has 1 aliphatic carbocycles. The molecule has 1 fully saturated rings. The summed E-state index contributed by atoms with van der Waals surface area (Å²) in [6, 6.07) is 5.39. The summed E-state index contributed by atoms with van der Waals surface area (Å²) in [7, 11) is 1.43. The van der Waals surface area contributed by atoms with Crippen LogP contribution in [0.15, 0.2) is 18.2 Å². The third-order valence-electron chi connectivity index (χ3n) is 3.51. The number of rotatable bonds is 2. The lowest BCUT2D eigenvalue weighted by molar-refractivity contribution is -0.147. The van der Waals surface area contributed by atoms with E-state index in [4.69, 9.17) is 27.9 Å². The van der Waals surface area contributed by atoms with Crippen LogP contribution in [0.2, 0.25) is 10.0 Å². The summed E-state index contributed by atoms with van der Waals surface area (Å²) in [5.74, 6) is -0.173. The second-order valence-electron chi connectivity index (χ2n) is 4.41. The van der Waals surface area contributed by atoms with Crippen LogP contribution in [0.1, 0.15) is 31.2 Å². The Morgan fingerprint density at radius 3 is 2.41 bits per heavy atom. The second-order valence-corrected chi connectivity index (χ2v) is 5.22. The number of hydrogen-bond acceptors (Lipinski definition) is 2. The van der Waals surface area contributed by atoms with Gasteiger partial charge >= 0.3 is 5.97 Å². The highest BCUT2D eigenvalue weighted by Gasteiger charge is 2.43. The van der Waals surface area contributed by atoms with Crippen LogP contribution < -0.4 is 0 Å². The lowest BCUT2D eigenvalue weighted by Gasteiger charge is -2.26. The van der Waals surface area contributed by atoms with E-state index in [1.54, 1.807) is 12.1 Å². The topological polar surface area (TPSA) is 26.3 Å². The van der Waals surface area contributed by atoms with Crippen molar-refractivity contribution in [1.82, 2.24) is 0 Å². The number of esters is 1. The monoisotopic (exact) mass is 272 g/mol. The molecule has 92 valence electrons. The van der Waals surface area contributed by atoms with E-state index in [9.17, 15) is 4.79 Å². The molecule has 0 bridgehead atoms. The first kappa shape index (κ1) is 12.7. The number of methoxy groups -OCH3 is 1. The molecule has 0 spiro atoms. The molecule has 2 nitrogen and oxygen atoms in total. The summed E-state index contributed by atoms with van der Waals surface area (Å²) >= 11 is 11.9. The molecule has 0 radical (unpaired) electrons. The van der Waals surface area contributed by atoms with E-state index >= 15 is 0 Å². The van der Waals surface area contributed by atoms with Gasteiger partial charge in [-0.1, -0.05) is 42.1 Å². The van der Waals surface area contributed by atoms with Crippen LogP contribution in [-0.2, 0) is 14.9 Å². The molecular weight excluding hydrogens is 259 g/mol. The van der Waals surface area contributed by atoms with E-state index in [2.05, 4.69) is 0 Å². The Labute approximate surface area is 111 Å². The summed E-state index contributed by atoms with van der Waals surface area (Å²) < 4.78 is 4.95. The number of hydrogen-bond donors (Lipinski definition) is 0. The average molecular weight is 273 g/mol. The SMILES string of the molecule is COC(=O)C1(c2ccc(Cl)c(Cl)c2)CCCC1. The van der Waals surface area contributed by atoms with E-state index in [0.29, 0.717) is 10.0 Å². The van der Waals surface area contributed by atoms with Crippen LogP contribution in [0, 0.1) is 0 Å². The van der Waals surface area contributed by atoms with E-state index in [1.165, 1.54) is 7.11 Å². The van der Waals surface area contributed by atoms with Crippen LogP contribution in [0.25, 0.3) is 0 Å². The minimum absolute atomic E-state index is 0.173. The molecule has 17 heavy (non-hydrogen) atoms. The van der Waals surface area contributed by atoms with Crippen LogP contribution in [-0.4, -0.2) is 13.1 Å². The normalized spacial score (nSPS) is 18.1. The quantitative estimate of drug-likeness (QED) is 0.762. The van der Waals surface area contributed by atoms with Gasteiger partial charge in [-0.05, 0) is 30.5 Å². The Kier molecular flexibility index (Phi) is 3.64. The Bertz CT molecular complexity index is 437. The zero-order valence-electron chi connectivity index (χ0n) is 9.63. The third kappa shape index (κ3) is 2.16. The van der Waals surface area contributed by atoms with Gasteiger partial charge in [0.25, 0.3) is 0 Å². The van der Waals surface area contributed by atoms with Crippen LogP contribution in [0.4, 0.5) is 0 Å². The Balaban J connectivity index is 2.46. The number of carbonyl (C=O) groups excluding carboxylic acids is 1. The van der Waals surface area contributed by atoms with Crippen molar-refractivity contribution in [3.05, 3.63) is 33.8 Å². The summed E-state index contributed by atoms with van der Waals surface area (Å²) in [6.07, 6.45) is 3.71. The highest BCUT2D eigenvalue weighted by molar-refractivity contribution is 6.42. The minimum atomic E-state index is -0.525. The van der Waals surface area contributed by atoms with Crippen molar-refractivity contribution in [1.29, 1.82) is 0 Å². The van der Waals surface area contributed by atoms with Gasteiger partial charge in [0, 0.05) is 0 Å². The molecule has 0 amide bonds. The Hall–Kier alpha value is -0.730. The fourth-order valence-electron chi connectivity index (χ4n) is 2.58. The summed E-state index contributed by atoms with van der Waals surface area (Å²) in [4.78, 5) is 12.0. The predicted molar refractivity (Wildman–Crippen MR) is 68.6 cm³/mol. The molecule has 1 aromatic carbocycles. The van der Waals surface area contributed by atoms with Crippen molar-refractivity contribution < 1.29 is 9.53 Å². The van der Waals surface area contributed by atoms with E-state index in [0.717, 1.165) is 31.2 Å². The van der Waals surface area contributed by atoms with Crippen LogP contribution >= 0.6 is 23.2 Å². The summed E-state index contributed by atoms with van der Waals surface area (Å²) in [5.41, 5.74) is 0.388. The fourth-order valence-corrected chi connectivity index (χ4v) is 2.88. The molecule has 1 aliphatic rings. The zero-order valence-corrected chi connectivity index (χ0v) is 11.1. The maximum absolute atomic E-state index is 12.0. The van der Waals surface area contributed by atoms with Crippen molar-refractivity contribution in [3.8, 4) is 0 Å². The van der Waals surface area contributed by atoms with Crippen molar-refractivity contribution in [2.75, 3.05) is 7.11 Å². The van der Waals surface area contributed by atoms with Gasteiger partial charge < -0.3 is 4.74 Å². The molecule has 0 aromatic heterocycles. The lowest BCUT2D eigenvalue weighted by atomic mass is 9.79. The minimum Gasteiger partial charge on any atom is -0.468 e. The maximum atomic E-state index is 12.0. The first-order valence-corrected chi connectivity index (χ1v) is 6.40. The third-order valence-corrected chi connectivity index (χ3v) is 4.24. The number of halogens is 2. The zero-order chi connectivity index (χ0) is 12.5. The molecule has 1 saturated carbocycles. The van der Waals surface area contributed by atoms with Gasteiger partial charge in [-0.2, -0.15) is 0 Å². The number of carbonyl (C=O) groups is 1. The summed E-state index contributed by atoms with van der Waals surface area (Å²) in [5, 5.41) is 0.993. The van der Waals surface area contributed by atoms with Gasteiger partial charge in [0.1, 0.15) is 0 Å². The van der Waals surface area contributed by atoms with Gasteiger partial charge in [-0.15, -0.1) is 0 Å². The van der Waals surface area contributed by atoms with Gasteiger partial charge in [0.2, 0.25) is 0 Å². The average Bonchev–Trinajstić information content (AvgIpc) is 2.82.